The lowest BCUT2D eigenvalue weighted by Crippen LogP contribution is -2.43. The zero-order chi connectivity index (χ0) is 20.0. The molecule has 0 saturated carbocycles. The Morgan fingerprint density at radius 3 is 2.97 bits per heavy atom. The molecule has 0 aliphatic carbocycles. The molecule has 1 fully saturated rings. The molecule has 2 aliphatic heterocycles. The standard InChI is InChI=1S/C20H17N5O4/c26-18-17-6-3-9-24(17)16-8-7-12(10-15(16)21-18)20(28)29-11-25-19(27)13-4-1-2-5-14(13)22-23-25/h1-2,4-5,7-8,10,17H,3,6,9,11H2,(H,21,26)/t17-/m1/s1. The molecule has 5 rings (SSSR count). The van der Waals surface area contributed by atoms with Crippen LogP contribution in [0.1, 0.15) is 23.2 Å². The second-order valence-electron chi connectivity index (χ2n) is 7.04. The third-order valence-electron chi connectivity index (χ3n) is 5.30. The summed E-state index contributed by atoms with van der Waals surface area (Å²) < 4.78 is 6.24. The van der Waals surface area contributed by atoms with Crippen LogP contribution in [0.15, 0.2) is 47.3 Å². The summed E-state index contributed by atoms with van der Waals surface area (Å²) in [6, 6.07) is 11.7. The first-order valence-electron chi connectivity index (χ1n) is 9.33. The van der Waals surface area contributed by atoms with Crippen LogP contribution in [0.5, 0.6) is 0 Å². The van der Waals surface area contributed by atoms with E-state index >= 15 is 0 Å². The summed E-state index contributed by atoms with van der Waals surface area (Å²) >= 11 is 0. The van der Waals surface area contributed by atoms with Gasteiger partial charge in [0.05, 0.1) is 22.3 Å². The Bertz CT molecular complexity index is 1200. The largest absolute Gasteiger partial charge is 0.439 e. The first-order valence-corrected chi connectivity index (χ1v) is 9.33. The highest BCUT2D eigenvalue weighted by molar-refractivity contribution is 6.05. The van der Waals surface area contributed by atoms with E-state index in [0.29, 0.717) is 16.6 Å². The molecule has 3 aromatic rings. The fraction of sp³-hybridized carbons (Fsp3) is 0.250. The van der Waals surface area contributed by atoms with Gasteiger partial charge in [0.15, 0.2) is 6.73 Å². The molecule has 9 nitrogen and oxygen atoms in total. The zero-order valence-electron chi connectivity index (χ0n) is 15.4. The van der Waals surface area contributed by atoms with E-state index in [1.54, 1.807) is 36.4 Å². The van der Waals surface area contributed by atoms with Crippen molar-refractivity contribution in [3.8, 4) is 0 Å². The number of aromatic nitrogens is 3. The fourth-order valence-corrected chi connectivity index (χ4v) is 3.87. The Kier molecular flexibility index (Phi) is 4.01. The van der Waals surface area contributed by atoms with Crippen molar-refractivity contribution in [1.29, 1.82) is 0 Å². The van der Waals surface area contributed by atoms with Crippen LogP contribution < -0.4 is 15.8 Å². The SMILES string of the molecule is O=C(OCn1nnc2ccccc2c1=O)c1ccc2c(c1)NC(=O)[C@H]1CCCN21. The van der Waals surface area contributed by atoms with Crippen molar-refractivity contribution in [3.63, 3.8) is 0 Å². The van der Waals surface area contributed by atoms with Crippen LogP contribution in [0.3, 0.4) is 0 Å². The third kappa shape index (κ3) is 2.91. The molecule has 1 amide bonds. The van der Waals surface area contributed by atoms with Crippen molar-refractivity contribution in [2.75, 3.05) is 16.8 Å². The molecule has 0 spiro atoms. The molecule has 1 N–H and O–H groups in total. The van der Waals surface area contributed by atoms with E-state index in [4.69, 9.17) is 4.74 Å². The lowest BCUT2D eigenvalue weighted by atomic mass is 10.1. The quantitative estimate of drug-likeness (QED) is 0.675. The van der Waals surface area contributed by atoms with Gasteiger partial charge in [0.1, 0.15) is 11.6 Å². The van der Waals surface area contributed by atoms with Crippen LogP contribution in [0.4, 0.5) is 11.4 Å². The van der Waals surface area contributed by atoms with Crippen molar-refractivity contribution in [2.45, 2.75) is 25.6 Å². The minimum atomic E-state index is -0.618. The number of benzene rings is 2. The molecule has 2 aromatic carbocycles. The van der Waals surface area contributed by atoms with Crippen molar-refractivity contribution in [3.05, 3.63) is 58.4 Å². The molecular weight excluding hydrogens is 374 g/mol. The first kappa shape index (κ1) is 17.4. The van der Waals surface area contributed by atoms with Crippen LogP contribution in [-0.4, -0.2) is 39.5 Å². The summed E-state index contributed by atoms with van der Waals surface area (Å²) in [6.45, 7) is 0.464. The average Bonchev–Trinajstić information content (AvgIpc) is 3.24. The van der Waals surface area contributed by atoms with Crippen molar-refractivity contribution in [1.82, 2.24) is 15.0 Å². The maximum atomic E-state index is 12.5. The Morgan fingerprint density at radius 2 is 2.07 bits per heavy atom. The van der Waals surface area contributed by atoms with Crippen LogP contribution in [0.2, 0.25) is 0 Å². The van der Waals surface area contributed by atoms with E-state index in [-0.39, 0.29) is 29.8 Å². The number of hydrogen-bond acceptors (Lipinski definition) is 7. The minimum absolute atomic E-state index is 0.0569. The Balaban J connectivity index is 1.36. The second-order valence-corrected chi connectivity index (χ2v) is 7.04. The fourth-order valence-electron chi connectivity index (χ4n) is 3.87. The first-order chi connectivity index (χ1) is 14.1. The highest BCUT2D eigenvalue weighted by atomic mass is 16.5. The maximum absolute atomic E-state index is 12.5. The topological polar surface area (TPSA) is 106 Å². The van der Waals surface area contributed by atoms with Crippen LogP contribution >= 0.6 is 0 Å². The number of hydrogen-bond donors (Lipinski definition) is 1. The Hall–Kier alpha value is -3.75. The van der Waals surface area contributed by atoms with Crippen LogP contribution in [0.25, 0.3) is 10.9 Å². The Morgan fingerprint density at radius 1 is 1.21 bits per heavy atom. The van der Waals surface area contributed by atoms with Crippen molar-refractivity contribution < 1.29 is 14.3 Å². The number of nitrogens with zero attached hydrogens (tertiary/aromatic N) is 4. The number of carbonyl (C=O) groups is 2. The number of nitrogens with one attached hydrogen (secondary N) is 1. The summed E-state index contributed by atoms with van der Waals surface area (Å²) in [6.07, 6.45) is 1.79. The number of esters is 1. The number of carbonyl (C=O) groups excluding carboxylic acids is 2. The van der Waals surface area contributed by atoms with Gasteiger partial charge in [-0.15, -0.1) is 5.10 Å². The lowest BCUT2D eigenvalue weighted by molar-refractivity contribution is -0.117. The molecule has 9 heteroatoms. The van der Waals surface area contributed by atoms with E-state index in [0.717, 1.165) is 29.8 Å². The van der Waals surface area contributed by atoms with Crippen LogP contribution in [0, 0.1) is 0 Å². The molecule has 0 unspecified atom stereocenters. The molecule has 0 bridgehead atoms. The van der Waals surface area contributed by atoms with Crippen molar-refractivity contribution >= 4 is 34.2 Å². The maximum Gasteiger partial charge on any atom is 0.339 e. The van der Waals surface area contributed by atoms with Gasteiger partial charge >= 0.3 is 5.97 Å². The molecule has 1 saturated heterocycles. The summed E-state index contributed by atoms with van der Waals surface area (Å²) in [4.78, 5) is 39.2. The third-order valence-corrected chi connectivity index (χ3v) is 5.30. The van der Waals surface area contributed by atoms with Gasteiger partial charge in [-0.2, -0.15) is 4.68 Å². The average molecular weight is 391 g/mol. The predicted octanol–water partition coefficient (Wildman–Crippen LogP) is 1.53. The van der Waals surface area contributed by atoms with E-state index < -0.39 is 5.97 Å². The molecular formula is C20H17N5O4. The molecule has 2 aliphatic rings. The normalized spacial score (nSPS) is 17.6. The highest BCUT2D eigenvalue weighted by Crippen LogP contribution is 2.37. The second kappa shape index (κ2) is 6.69. The predicted molar refractivity (Wildman–Crippen MR) is 105 cm³/mol. The Labute approximate surface area is 164 Å². The molecule has 3 heterocycles. The lowest BCUT2D eigenvalue weighted by Gasteiger charge is -2.33. The summed E-state index contributed by atoms with van der Waals surface area (Å²) in [5.41, 5.74) is 1.86. The van der Waals surface area contributed by atoms with Gasteiger partial charge in [-0.25, -0.2) is 4.79 Å². The van der Waals surface area contributed by atoms with Gasteiger partial charge in [0.25, 0.3) is 5.56 Å². The molecule has 1 atom stereocenters. The number of amides is 1. The highest BCUT2D eigenvalue weighted by Gasteiger charge is 2.36. The number of anilines is 2. The van der Waals surface area contributed by atoms with Gasteiger partial charge in [-0.1, -0.05) is 17.3 Å². The number of rotatable bonds is 3. The van der Waals surface area contributed by atoms with E-state index in [1.165, 1.54) is 0 Å². The van der Waals surface area contributed by atoms with Gasteiger partial charge < -0.3 is 15.0 Å². The smallest absolute Gasteiger partial charge is 0.339 e. The van der Waals surface area contributed by atoms with Crippen LogP contribution in [-0.2, 0) is 16.3 Å². The van der Waals surface area contributed by atoms with Gasteiger partial charge in [-0.05, 0) is 43.2 Å². The molecule has 0 radical (unpaired) electrons. The summed E-state index contributed by atoms with van der Waals surface area (Å²) in [7, 11) is 0. The van der Waals surface area contributed by atoms with Gasteiger partial charge in [-0.3, -0.25) is 9.59 Å². The molecule has 1 aromatic heterocycles. The van der Waals surface area contributed by atoms with E-state index in [1.807, 2.05) is 6.07 Å². The van der Waals surface area contributed by atoms with Gasteiger partial charge in [0.2, 0.25) is 5.91 Å². The molecule has 146 valence electrons. The monoisotopic (exact) mass is 391 g/mol. The van der Waals surface area contributed by atoms with E-state index in [2.05, 4.69) is 20.5 Å². The zero-order valence-corrected chi connectivity index (χ0v) is 15.4. The summed E-state index contributed by atoms with van der Waals surface area (Å²) in [5.74, 6) is -0.675. The van der Waals surface area contributed by atoms with E-state index in [9.17, 15) is 14.4 Å². The van der Waals surface area contributed by atoms with Crippen molar-refractivity contribution in [2.24, 2.45) is 0 Å². The number of ether oxygens (including phenoxy) is 1. The number of fused-ring (bicyclic) bond motifs is 4. The minimum Gasteiger partial charge on any atom is -0.439 e. The molecule has 29 heavy (non-hydrogen) atoms. The van der Waals surface area contributed by atoms with Gasteiger partial charge in [0, 0.05) is 6.54 Å². The summed E-state index contributed by atoms with van der Waals surface area (Å²) in [5, 5.41) is 11.0.